The second kappa shape index (κ2) is 8.51. The lowest BCUT2D eigenvalue weighted by atomic mass is 10.3. The van der Waals surface area contributed by atoms with Gasteiger partial charge >= 0.3 is 5.97 Å². The summed E-state index contributed by atoms with van der Waals surface area (Å²) in [7, 11) is -4.01. The molecule has 27 heavy (non-hydrogen) atoms. The van der Waals surface area contributed by atoms with E-state index in [0.717, 1.165) is 0 Å². The molecule has 0 aliphatic carbocycles. The van der Waals surface area contributed by atoms with E-state index in [1.807, 2.05) is 0 Å². The van der Waals surface area contributed by atoms with Crippen molar-refractivity contribution in [3.63, 3.8) is 0 Å². The standard InChI is InChI=1S/C16H18ClN3O6S/c1-9-15(10(2)26-20-9)27(23,24)18-8-14(21)25-11(3)16(22)19-13-6-4-5-12(17)7-13/h4-7,11,18H,8H2,1-3H3,(H,19,22)/t11-/m1/s1. The summed E-state index contributed by atoms with van der Waals surface area (Å²) in [4.78, 5) is 23.8. The van der Waals surface area contributed by atoms with Crippen LogP contribution in [0.3, 0.4) is 0 Å². The molecule has 9 nitrogen and oxygen atoms in total. The van der Waals surface area contributed by atoms with E-state index in [4.69, 9.17) is 20.9 Å². The number of rotatable bonds is 7. The summed E-state index contributed by atoms with van der Waals surface area (Å²) in [5.41, 5.74) is 0.608. The SMILES string of the molecule is Cc1noc(C)c1S(=O)(=O)NCC(=O)O[C@H](C)C(=O)Nc1cccc(Cl)c1. The Morgan fingerprint density at radius 3 is 2.63 bits per heavy atom. The lowest BCUT2D eigenvalue weighted by molar-refractivity contribution is -0.151. The third-order valence-electron chi connectivity index (χ3n) is 3.41. The van der Waals surface area contributed by atoms with Crippen molar-refractivity contribution in [1.29, 1.82) is 0 Å². The van der Waals surface area contributed by atoms with Crippen molar-refractivity contribution in [3.05, 3.63) is 40.7 Å². The number of hydrogen-bond donors (Lipinski definition) is 2. The van der Waals surface area contributed by atoms with E-state index in [9.17, 15) is 18.0 Å². The second-order valence-electron chi connectivity index (χ2n) is 5.61. The third-order valence-corrected chi connectivity index (χ3v) is 5.29. The monoisotopic (exact) mass is 415 g/mol. The maximum Gasteiger partial charge on any atom is 0.321 e. The number of carbonyl (C=O) groups is 2. The Morgan fingerprint density at radius 1 is 1.33 bits per heavy atom. The quantitative estimate of drug-likeness (QED) is 0.659. The molecule has 0 aliphatic rings. The van der Waals surface area contributed by atoms with Crippen molar-refractivity contribution in [2.45, 2.75) is 31.8 Å². The molecule has 0 saturated heterocycles. The zero-order valence-corrected chi connectivity index (χ0v) is 16.3. The van der Waals surface area contributed by atoms with E-state index in [-0.39, 0.29) is 16.3 Å². The summed E-state index contributed by atoms with van der Waals surface area (Å²) in [6.45, 7) is 3.61. The molecule has 1 amide bonds. The summed E-state index contributed by atoms with van der Waals surface area (Å²) >= 11 is 5.83. The summed E-state index contributed by atoms with van der Waals surface area (Å²) in [5, 5.41) is 6.53. The second-order valence-corrected chi connectivity index (χ2v) is 7.75. The number of nitrogens with zero attached hydrogens (tertiary/aromatic N) is 1. The average Bonchev–Trinajstić information content (AvgIpc) is 2.92. The van der Waals surface area contributed by atoms with Crippen LogP contribution < -0.4 is 10.0 Å². The molecule has 11 heteroatoms. The smallest absolute Gasteiger partial charge is 0.321 e. The van der Waals surface area contributed by atoms with E-state index in [1.165, 1.54) is 26.8 Å². The zero-order chi connectivity index (χ0) is 20.2. The number of carbonyl (C=O) groups excluding carboxylic acids is 2. The highest BCUT2D eigenvalue weighted by molar-refractivity contribution is 7.89. The Labute approximate surface area is 161 Å². The molecule has 0 bridgehead atoms. The van der Waals surface area contributed by atoms with Crippen LogP contribution in [0.1, 0.15) is 18.4 Å². The number of hydrogen-bond acceptors (Lipinski definition) is 7. The van der Waals surface area contributed by atoms with E-state index in [0.29, 0.717) is 10.7 Å². The Balaban J connectivity index is 1.90. The van der Waals surface area contributed by atoms with Crippen molar-refractivity contribution in [2.75, 3.05) is 11.9 Å². The average molecular weight is 416 g/mol. The minimum Gasteiger partial charge on any atom is -0.452 e. The van der Waals surface area contributed by atoms with Gasteiger partial charge in [0.1, 0.15) is 17.1 Å². The molecule has 2 aromatic rings. The van der Waals surface area contributed by atoms with Gasteiger partial charge in [0, 0.05) is 10.7 Å². The molecular weight excluding hydrogens is 398 g/mol. The van der Waals surface area contributed by atoms with Crippen LogP contribution in [0, 0.1) is 13.8 Å². The van der Waals surface area contributed by atoms with Gasteiger partial charge in [0.25, 0.3) is 5.91 Å². The molecule has 2 rings (SSSR count). The van der Waals surface area contributed by atoms with Crippen molar-refractivity contribution in [2.24, 2.45) is 0 Å². The zero-order valence-electron chi connectivity index (χ0n) is 14.8. The van der Waals surface area contributed by atoms with Crippen LogP contribution >= 0.6 is 11.6 Å². The van der Waals surface area contributed by atoms with Crippen molar-refractivity contribution < 1.29 is 27.3 Å². The fraction of sp³-hybridized carbons (Fsp3) is 0.312. The van der Waals surface area contributed by atoms with Gasteiger partial charge in [0.15, 0.2) is 11.9 Å². The first-order chi connectivity index (χ1) is 12.6. The fourth-order valence-corrected chi connectivity index (χ4v) is 3.67. The van der Waals surface area contributed by atoms with Gasteiger partial charge in [-0.3, -0.25) is 9.59 Å². The molecule has 0 fully saturated rings. The minimum absolute atomic E-state index is 0.0997. The van der Waals surface area contributed by atoms with Gasteiger partial charge in [-0.2, -0.15) is 4.72 Å². The highest BCUT2D eigenvalue weighted by atomic mass is 35.5. The Bertz CT molecular complexity index is 937. The number of halogens is 1. The number of aromatic nitrogens is 1. The van der Waals surface area contributed by atoms with Crippen LogP contribution in [0.15, 0.2) is 33.7 Å². The van der Waals surface area contributed by atoms with Gasteiger partial charge in [-0.1, -0.05) is 22.8 Å². The van der Waals surface area contributed by atoms with Crippen LogP contribution in [-0.2, 0) is 24.3 Å². The van der Waals surface area contributed by atoms with Crippen molar-refractivity contribution >= 4 is 39.2 Å². The van der Waals surface area contributed by atoms with E-state index < -0.39 is 34.5 Å². The highest BCUT2D eigenvalue weighted by Crippen LogP contribution is 2.18. The first-order valence-corrected chi connectivity index (χ1v) is 9.64. The van der Waals surface area contributed by atoms with Crippen LogP contribution in [0.4, 0.5) is 5.69 Å². The van der Waals surface area contributed by atoms with Gasteiger partial charge in [-0.05, 0) is 39.0 Å². The van der Waals surface area contributed by atoms with E-state index >= 15 is 0 Å². The number of sulfonamides is 1. The number of ether oxygens (including phenoxy) is 1. The lowest BCUT2D eigenvalue weighted by Gasteiger charge is -2.14. The Hall–Kier alpha value is -2.43. The molecule has 1 aromatic heterocycles. The minimum atomic E-state index is -4.01. The lowest BCUT2D eigenvalue weighted by Crippen LogP contribution is -2.36. The van der Waals surface area contributed by atoms with Crippen molar-refractivity contribution in [3.8, 4) is 0 Å². The van der Waals surface area contributed by atoms with Crippen LogP contribution in [0.5, 0.6) is 0 Å². The van der Waals surface area contributed by atoms with Crippen molar-refractivity contribution in [1.82, 2.24) is 9.88 Å². The summed E-state index contributed by atoms with van der Waals surface area (Å²) in [6.07, 6.45) is -1.14. The predicted octanol–water partition coefficient (Wildman–Crippen LogP) is 1.79. The molecule has 146 valence electrons. The number of nitrogens with one attached hydrogen (secondary N) is 2. The van der Waals surface area contributed by atoms with E-state index in [1.54, 1.807) is 18.2 Å². The van der Waals surface area contributed by atoms with Gasteiger partial charge in [0.2, 0.25) is 10.0 Å². The molecular formula is C16H18ClN3O6S. The van der Waals surface area contributed by atoms with Gasteiger partial charge in [0.05, 0.1) is 0 Å². The number of amides is 1. The van der Waals surface area contributed by atoms with Crippen LogP contribution in [0.25, 0.3) is 0 Å². The molecule has 0 spiro atoms. The molecule has 2 N–H and O–H groups in total. The molecule has 0 radical (unpaired) electrons. The first kappa shape index (κ1) is 20.9. The van der Waals surface area contributed by atoms with Gasteiger partial charge < -0.3 is 14.6 Å². The number of aryl methyl sites for hydroxylation is 2. The van der Waals surface area contributed by atoms with E-state index in [2.05, 4.69) is 15.2 Å². The molecule has 1 atom stereocenters. The maximum atomic E-state index is 12.2. The predicted molar refractivity (Wildman–Crippen MR) is 96.8 cm³/mol. The number of anilines is 1. The first-order valence-electron chi connectivity index (χ1n) is 7.78. The topological polar surface area (TPSA) is 128 Å². The largest absolute Gasteiger partial charge is 0.452 e. The maximum absolute atomic E-state index is 12.2. The van der Waals surface area contributed by atoms with Crippen LogP contribution in [0.2, 0.25) is 5.02 Å². The Morgan fingerprint density at radius 2 is 2.04 bits per heavy atom. The number of benzene rings is 1. The molecule has 0 unspecified atom stereocenters. The molecule has 0 aliphatic heterocycles. The van der Waals surface area contributed by atoms with Gasteiger partial charge in [-0.25, -0.2) is 8.42 Å². The molecule has 1 aromatic carbocycles. The summed E-state index contributed by atoms with van der Waals surface area (Å²) < 4.78 is 36.3. The summed E-state index contributed by atoms with van der Waals surface area (Å²) in [6, 6.07) is 6.45. The highest BCUT2D eigenvalue weighted by Gasteiger charge is 2.26. The molecule has 0 saturated carbocycles. The molecule has 1 heterocycles. The third kappa shape index (κ3) is 5.52. The summed E-state index contributed by atoms with van der Waals surface area (Å²) in [5.74, 6) is -1.40. The Kier molecular flexibility index (Phi) is 6.58. The normalized spacial score (nSPS) is 12.4. The number of esters is 1. The van der Waals surface area contributed by atoms with Gasteiger partial charge in [-0.15, -0.1) is 0 Å². The van der Waals surface area contributed by atoms with Crippen LogP contribution in [-0.4, -0.2) is 38.1 Å². The fourth-order valence-electron chi connectivity index (χ4n) is 2.19.